The maximum atomic E-state index is 5.69. The second kappa shape index (κ2) is 9.16. The Morgan fingerprint density at radius 2 is 1.52 bits per heavy atom. The third-order valence-electron chi connectivity index (χ3n) is 3.46. The average Bonchev–Trinajstić information content (AvgIpc) is 2.55. The second-order valence-corrected chi connectivity index (χ2v) is 5.13. The summed E-state index contributed by atoms with van der Waals surface area (Å²) in [5.74, 6) is 0. The first-order valence-electron chi connectivity index (χ1n) is 7.70. The van der Waals surface area contributed by atoms with E-state index in [4.69, 9.17) is 5.73 Å². The minimum atomic E-state index is 0.645. The van der Waals surface area contributed by atoms with Crippen molar-refractivity contribution in [2.75, 3.05) is 24.6 Å². The molecule has 0 atom stereocenters. The Morgan fingerprint density at radius 3 is 2.19 bits per heavy atom. The van der Waals surface area contributed by atoms with E-state index in [1.807, 2.05) is 6.07 Å². The van der Waals surface area contributed by atoms with Gasteiger partial charge in [0.2, 0.25) is 0 Å². The van der Waals surface area contributed by atoms with Crippen molar-refractivity contribution in [3.63, 3.8) is 0 Å². The molecule has 3 N–H and O–H groups in total. The maximum Gasteiger partial charge on any atom is 0.0520 e. The molecule has 2 rings (SSSR count). The summed E-state index contributed by atoms with van der Waals surface area (Å²) in [4.78, 5) is 0. The average molecular weight is 283 g/mol. The van der Waals surface area contributed by atoms with Crippen LogP contribution in [0.1, 0.15) is 18.4 Å². The molecule has 0 fully saturated rings. The first-order chi connectivity index (χ1) is 10.4. The van der Waals surface area contributed by atoms with Crippen LogP contribution in [0.5, 0.6) is 0 Å². The lowest BCUT2D eigenvalue weighted by molar-refractivity contribution is 0.585. The van der Waals surface area contributed by atoms with E-state index in [2.05, 4.69) is 65.0 Å². The van der Waals surface area contributed by atoms with Crippen LogP contribution in [0.4, 0.5) is 5.69 Å². The van der Waals surface area contributed by atoms with Gasteiger partial charge in [0.25, 0.3) is 0 Å². The Balaban J connectivity index is 1.70. The van der Waals surface area contributed by atoms with Gasteiger partial charge in [-0.1, -0.05) is 48.5 Å². The van der Waals surface area contributed by atoms with Crippen LogP contribution < -0.4 is 16.2 Å². The molecule has 112 valence electrons. The molecule has 0 aliphatic heterocycles. The van der Waals surface area contributed by atoms with Crippen LogP contribution in [0.2, 0.25) is 0 Å². The van der Waals surface area contributed by atoms with Crippen molar-refractivity contribution in [3.05, 3.63) is 66.2 Å². The normalized spacial score (nSPS) is 10.5. The SMILES string of the molecule is NCCN(NCCCCc1ccccc1)c1ccccc1. The van der Waals surface area contributed by atoms with Crippen LogP contribution >= 0.6 is 0 Å². The van der Waals surface area contributed by atoms with Crippen molar-refractivity contribution in [1.29, 1.82) is 0 Å². The van der Waals surface area contributed by atoms with Gasteiger partial charge in [-0.05, 0) is 37.0 Å². The molecule has 0 bridgehead atoms. The van der Waals surface area contributed by atoms with E-state index >= 15 is 0 Å². The Hall–Kier alpha value is -1.84. The topological polar surface area (TPSA) is 41.3 Å². The highest BCUT2D eigenvalue weighted by molar-refractivity contribution is 5.44. The molecule has 3 nitrogen and oxygen atoms in total. The highest BCUT2D eigenvalue weighted by atomic mass is 15.5. The Kier molecular flexibility index (Phi) is 6.78. The van der Waals surface area contributed by atoms with Gasteiger partial charge in [-0.2, -0.15) is 0 Å². The predicted molar refractivity (Wildman–Crippen MR) is 90.2 cm³/mol. The van der Waals surface area contributed by atoms with E-state index in [-0.39, 0.29) is 0 Å². The van der Waals surface area contributed by atoms with Gasteiger partial charge in [0.05, 0.1) is 5.69 Å². The molecule has 0 unspecified atom stereocenters. The van der Waals surface area contributed by atoms with Gasteiger partial charge in [0.15, 0.2) is 0 Å². The van der Waals surface area contributed by atoms with Crippen LogP contribution in [-0.4, -0.2) is 19.6 Å². The van der Waals surface area contributed by atoms with Gasteiger partial charge in [-0.15, -0.1) is 0 Å². The van der Waals surface area contributed by atoms with Crippen molar-refractivity contribution in [3.8, 4) is 0 Å². The summed E-state index contributed by atoms with van der Waals surface area (Å²) >= 11 is 0. The Labute approximate surface area is 127 Å². The molecule has 2 aromatic rings. The molecule has 2 aromatic carbocycles. The molecule has 21 heavy (non-hydrogen) atoms. The molecule has 0 spiro atoms. The number of unbranched alkanes of at least 4 members (excludes halogenated alkanes) is 1. The van der Waals surface area contributed by atoms with E-state index in [0.29, 0.717) is 6.54 Å². The van der Waals surface area contributed by atoms with Gasteiger partial charge < -0.3 is 10.7 Å². The van der Waals surface area contributed by atoms with Gasteiger partial charge in [0, 0.05) is 19.6 Å². The van der Waals surface area contributed by atoms with Gasteiger partial charge in [-0.25, -0.2) is 5.43 Å². The number of benzene rings is 2. The molecule has 0 aliphatic rings. The number of nitrogens with two attached hydrogens (primary N) is 1. The lowest BCUT2D eigenvalue weighted by Gasteiger charge is -2.25. The summed E-state index contributed by atoms with van der Waals surface area (Å²) in [6.45, 7) is 2.44. The molecule has 0 aliphatic carbocycles. The first-order valence-corrected chi connectivity index (χ1v) is 7.70. The van der Waals surface area contributed by atoms with Crippen molar-refractivity contribution in [2.24, 2.45) is 5.73 Å². The van der Waals surface area contributed by atoms with Crippen LogP contribution in [-0.2, 0) is 6.42 Å². The molecule has 0 radical (unpaired) electrons. The fraction of sp³-hybridized carbons (Fsp3) is 0.333. The highest BCUT2D eigenvalue weighted by Crippen LogP contribution is 2.10. The highest BCUT2D eigenvalue weighted by Gasteiger charge is 2.03. The quantitative estimate of drug-likeness (QED) is 0.549. The predicted octanol–water partition coefficient (Wildman–Crippen LogP) is 2.98. The van der Waals surface area contributed by atoms with Gasteiger partial charge >= 0.3 is 0 Å². The molecule has 0 amide bonds. The number of rotatable bonds is 9. The third kappa shape index (κ3) is 5.58. The van der Waals surface area contributed by atoms with E-state index < -0.39 is 0 Å². The number of aryl methyl sites for hydroxylation is 1. The summed E-state index contributed by atoms with van der Waals surface area (Å²) < 4.78 is 0. The fourth-order valence-corrected chi connectivity index (χ4v) is 2.35. The van der Waals surface area contributed by atoms with Crippen LogP contribution in [0.15, 0.2) is 60.7 Å². The zero-order valence-corrected chi connectivity index (χ0v) is 12.5. The summed E-state index contributed by atoms with van der Waals surface area (Å²) in [7, 11) is 0. The fourth-order valence-electron chi connectivity index (χ4n) is 2.35. The number of hydrogen-bond donors (Lipinski definition) is 2. The van der Waals surface area contributed by atoms with E-state index in [1.165, 1.54) is 17.7 Å². The smallest absolute Gasteiger partial charge is 0.0520 e. The summed E-state index contributed by atoms with van der Waals surface area (Å²) in [5, 5.41) is 2.14. The van der Waals surface area contributed by atoms with Crippen LogP contribution in [0, 0.1) is 0 Å². The lowest BCUT2D eigenvalue weighted by Crippen LogP contribution is -2.42. The third-order valence-corrected chi connectivity index (χ3v) is 3.46. The number of nitrogens with zero attached hydrogens (tertiary/aromatic N) is 1. The van der Waals surface area contributed by atoms with Crippen LogP contribution in [0.3, 0.4) is 0 Å². The zero-order chi connectivity index (χ0) is 14.8. The largest absolute Gasteiger partial charge is 0.329 e. The number of hydrogen-bond acceptors (Lipinski definition) is 3. The number of nitrogens with one attached hydrogen (secondary N) is 1. The van der Waals surface area contributed by atoms with E-state index in [9.17, 15) is 0 Å². The summed E-state index contributed by atoms with van der Waals surface area (Å²) in [6, 6.07) is 21.0. The van der Waals surface area contributed by atoms with E-state index in [1.54, 1.807) is 0 Å². The Morgan fingerprint density at radius 1 is 0.857 bits per heavy atom. The van der Waals surface area contributed by atoms with Crippen molar-refractivity contribution >= 4 is 5.69 Å². The molecule has 0 saturated heterocycles. The summed E-state index contributed by atoms with van der Waals surface area (Å²) in [6.07, 6.45) is 3.50. The number of hydrazine groups is 1. The van der Waals surface area contributed by atoms with Gasteiger partial charge in [0.1, 0.15) is 0 Å². The van der Waals surface area contributed by atoms with Gasteiger partial charge in [-0.3, -0.25) is 0 Å². The molecule has 0 saturated carbocycles. The molecular weight excluding hydrogens is 258 g/mol. The van der Waals surface area contributed by atoms with Crippen LogP contribution in [0.25, 0.3) is 0 Å². The van der Waals surface area contributed by atoms with Crippen molar-refractivity contribution < 1.29 is 0 Å². The van der Waals surface area contributed by atoms with Crippen molar-refractivity contribution in [2.45, 2.75) is 19.3 Å². The standard InChI is InChI=1S/C18H25N3/c19-14-16-21(18-12-5-2-6-13-18)20-15-8-7-11-17-9-3-1-4-10-17/h1-6,9-10,12-13,20H,7-8,11,14-16,19H2. The van der Waals surface area contributed by atoms with E-state index in [0.717, 1.165) is 25.9 Å². The molecule has 0 aromatic heterocycles. The maximum absolute atomic E-state index is 5.69. The monoisotopic (exact) mass is 283 g/mol. The number of para-hydroxylation sites is 1. The first kappa shape index (κ1) is 15.5. The lowest BCUT2D eigenvalue weighted by atomic mass is 10.1. The molecule has 0 heterocycles. The minimum absolute atomic E-state index is 0.645. The second-order valence-electron chi connectivity index (χ2n) is 5.13. The number of anilines is 1. The zero-order valence-electron chi connectivity index (χ0n) is 12.5. The summed E-state index contributed by atoms with van der Waals surface area (Å²) in [5.41, 5.74) is 11.8. The van der Waals surface area contributed by atoms with Crippen molar-refractivity contribution in [1.82, 2.24) is 5.43 Å². The minimum Gasteiger partial charge on any atom is -0.329 e. The molecule has 3 heteroatoms. The molecular formula is C18H25N3. The Bertz CT molecular complexity index is 484.